The number of aromatic amines is 1. The van der Waals surface area contributed by atoms with Crippen molar-refractivity contribution in [2.45, 2.75) is 19.4 Å². The van der Waals surface area contributed by atoms with Crippen molar-refractivity contribution in [3.63, 3.8) is 0 Å². The molecule has 0 bridgehead atoms. The molecule has 1 unspecified atom stereocenters. The smallest absolute Gasteiger partial charge is 0.335 e. The molecule has 0 fully saturated rings. The van der Waals surface area contributed by atoms with Crippen molar-refractivity contribution in [1.82, 2.24) is 9.55 Å². The first kappa shape index (κ1) is 21.6. The predicted molar refractivity (Wildman–Crippen MR) is 126 cm³/mol. The maximum atomic E-state index is 13.1. The van der Waals surface area contributed by atoms with E-state index in [4.69, 9.17) is 16.7 Å². The van der Waals surface area contributed by atoms with E-state index in [2.05, 4.69) is 16.8 Å². The molecule has 2 aromatic heterocycles. The van der Waals surface area contributed by atoms with E-state index in [9.17, 15) is 14.4 Å². The fraction of sp³-hybridized carbons (Fsp3) is 0.125. The van der Waals surface area contributed by atoms with Crippen LogP contribution in [-0.4, -0.2) is 20.6 Å². The topological polar surface area (TPSA) is 92.2 Å². The Morgan fingerprint density at radius 1 is 1.16 bits per heavy atom. The molecule has 32 heavy (non-hydrogen) atoms. The minimum Gasteiger partial charge on any atom is -0.478 e. The highest BCUT2D eigenvalue weighted by atomic mass is 35.5. The second-order valence-electron chi connectivity index (χ2n) is 7.17. The van der Waals surface area contributed by atoms with Gasteiger partial charge in [-0.3, -0.25) is 14.3 Å². The third-order valence-corrected chi connectivity index (χ3v) is 6.28. The first-order chi connectivity index (χ1) is 15.3. The number of hydrogen-bond donors (Lipinski definition) is 2. The van der Waals surface area contributed by atoms with Gasteiger partial charge in [-0.1, -0.05) is 47.7 Å². The Kier molecular flexibility index (Phi) is 5.99. The zero-order chi connectivity index (χ0) is 22.8. The normalized spacial score (nSPS) is 11.7. The summed E-state index contributed by atoms with van der Waals surface area (Å²) in [5.74, 6) is 5.09. The van der Waals surface area contributed by atoms with Crippen molar-refractivity contribution in [3.05, 3.63) is 102 Å². The minimum absolute atomic E-state index is 0.136. The van der Waals surface area contributed by atoms with Crippen LogP contribution in [0.5, 0.6) is 0 Å². The molecule has 8 heteroatoms. The van der Waals surface area contributed by atoms with Gasteiger partial charge in [-0.15, -0.1) is 11.3 Å². The van der Waals surface area contributed by atoms with E-state index in [1.807, 2.05) is 24.3 Å². The molecule has 0 aliphatic rings. The maximum absolute atomic E-state index is 13.1. The molecule has 0 spiro atoms. The van der Waals surface area contributed by atoms with Crippen molar-refractivity contribution in [2.24, 2.45) is 0 Å². The first-order valence-corrected chi connectivity index (χ1v) is 10.9. The van der Waals surface area contributed by atoms with Crippen LogP contribution in [0.1, 0.15) is 39.3 Å². The van der Waals surface area contributed by atoms with Gasteiger partial charge in [0.15, 0.2) is 0 Å². The van der Waals surface area contributed by atoms with Crippen LogP contribution in [0.3, 0.4) is 0 Å². The number of halogens is 1. The lowest BCUT2D eigenvalue weighted by Crippen LogP contribution is -2.37. The molecule has 4 aromatic rings. The van der Waals surface area contributed by atoms with Gasteiger partial charge >= 0.3 is 11.7 Å². The number of thiophene rings is 1. The van der Waals surface area contributed by atoms with Crippen LogP contribution in [0.25, 0.3) is 10.2 Å². The fourth-order valence-electron chi connectivity index (χ4n) is 3.32. The number of hydrogen-bond acceptors (Lipinski definition) is 4. The number of aromatic nitrogens is 2. The summed E-state index contributed by atoms with van der Waals surface area (Å²) in [6, 6.07) is 14.6. The molecule has 0 saturated heterocycles. The number of carboxylic acids is 1. The van der Waals surface area contributed by atoms with Gasteiger partial charge in [0.2, 0.25) is 0 Å². The lowest BCUT2D eigenvalue weighted by molar-refractivity contribution is 0.0697. The molecule has 160 valence electrons. The third kappa shape index (κ3) is 4.37. The van der Waals surface area contributed by atoms with Crippen LogP contribution >= 0.6 is 22.9 Å². The molecule has 0 amide bonds. The molecular weight excluding hydrogens is 448 g/mol. The van der Waals surface area contributed by atoms with E-state index < -0.39 is 23.3 Å². The van der Waals surface area contributed by atoms with E-state index in [-0.39, 0.29) is 5.56 Å². The standard InChI is InChI=1S/C24H17ClN2O4S/c1-14(16-7-9-17(10-8-16)23(29)30)27-22(28)20-13-19(32-21(20)26-24(27)31)4-2-3-15-5-11-18(25)12-6-15/h5-14H,3H2,1H3,(H,26,31)(H,29,30). The largest absolute Gasteiger partial charge is 0.478 e. The van der Waals surface area contributed by atoms with Crippen LogP contribution in [0, 0.1) is 11.8 Å². The van der Waals surface area contributed by atoms with E-state index >= 15 is 0 Å². The average Bonchev–Trinajstić information content (AvgIpc) is 3.18. The van der Waals surface area contributed by atoms with Gasteiger partial charge in [0.05, 0.1) is 21.9 Å². The number of carboxylic acid groups (broad SMARTS) is 1. The second-order valence-corrected chi connectivity index (χ2v) is 8.66. The molecule has 2 aromatic carbocycles. The third-order valence-electron chi connectivity index (χ3n) is 5.07. The lowest BCUT2D eigenvalue weighted by Gasteiger charge is -2.14. The quantitative estimate of drug-likeness (QED) is 0.440. The van der Waals surface area contributed by atoms with Crippen molar-refractivity contribution in [2.75, 3.05) is 0 Å². The highest BCUT2D eigenvalue weighted by Crippen LogP contribution is 2.21. The molecular formula is C24H17ClN2O4S. The van der Waals surface area contributed by atoms with Gasteiger partial charge in [-0.05, 0) is 48.4 Å². The Balaban J connectivity index is 1.65. The first-order valence-electron chi connectivity index (χ1n) is 9.68. The summed E-state index contributed by atoms with van der Waals surface area (Å²) in [6.07, 6.45) is 0.537. The SMILES string of the molecule is CC(c1ccc(C(=O)O)cc1)n1c(=O)[nH]c2sc(C#CCc3ccc(Cl)cc3)cc2c1=O. The van der Waals surface area contributed by atoms with Crippen LogP contribution in [0.2, 0.25) is 5.02 Å². The summed E-state index contributed by atoms with van der Waals surface area (Å²) in [7, 11) is 0. The Hall–Kier alpha value is -3.60. The molecule has 0 saturated carbocycles. The number of H-pyrrole nitrogens is 1. The van der Waals surface area contributed by atoms with E-state index in [1.165, 1.54) is 23.5 Å². The van der Waals surface area contributed by atoms with Crippen molar-refractivity contribution in [3.8, 4) is 11.8 Å². The number of fused-ring (bicyclic) bond motifs is 1. The molecule has 0 aliphatic carbocycles. The molecule has 0 radical (unpaired) electrons. The number of benzene rings is 2. The fourth-order valence-corrected chi connectivity index (χ4v) is 4.36. The number of aromatic carboxylic acids is 1. The Morgan fingerprint density at radius 3 is 2.50 bits per heavy atom. The summed E-state index contributed by atoms with van der Waals surface area (Å²) in [5.41, 5.74) is 0.874. The summed E-state index contributed by atoms with van der Waals surface area (Å²) in [5, 5.41) is 10.1. The summed E-state index contributed by atoms with van der Waals surface area (Å²) < 4.78 is 1.13. The average molecular weight is 465 g/mol. The molecule has 0 aliphatic heterocycles. The summed E-state index contributed by atoms with van der Waals surface area (Å²) >= 11 is 7.14. The number of nitrogens with one attached hydrogen (secondary N) is 1. The van der Waals surface area contributed by atoms with Gasteiger partial charge in [-0.25, -0.2) is 9.59 Å². The molecule has 1 atom stereocenters. The number of carbonyl (C=O) groups is 1. The van der Waals surface area contributed by atoms with Crippen LogP contribution in [-0.2, 0) is 6.42 Å². The van der Waals surface area contributed by atoms with E-state index in [1.54, 1.807) is 25.1 Å². The van der Waals surface area contributed by atoms with Gasteiger partial charge < -0.3 is 5.11 Å². The lowest BCUT2D eigenvalue weighted by atomic mass is 10.1. The Morgan fingerprint density at radius 2 is 1.84 bits per heavy atom. The summed E-state index contributed by atoms with van der Waals surface area (Å²) in [6.45, 7) is 1.72. The van der Waals surface area contributed by atoms with Crippen molar-refractivity contribution < 1.29 is 9.90 Å². The van der Waals surface area contributed by atoms with Gasteiger partial charge in [0.25, 0.3) is 5.56 Å². The number of nitrogens with zero attached hydrogens (tertiary/aromatic N) is 1. The predicted octanol–water partition coefficient (Wildman–Crippen LogP) is 4.31. The van der Waals surface area contributed by atoms with Crippen LogP contribution in [0.4, 0.5) is 0 Å². The Bertz CT molecular complexity index is 1490. The van der Waals surface area contributed by atoms with Crippen molar-refractivity contribution in [1.29, 1.82) is 0 Å². The van der Waals surface area contributed by atoms with Gasteiger partial charge in [0.1, 0.15) is 4.83 Å². The van der Waals surface area contributed by atoms with Crippen molar-refractivity contribution >= 4 is 39.1 Å². The maximum Gasteiger partial charge on any atom is 0.335 e. The van der Waals surface area contributed by atoms with Gasteiger partial charge in [0, 0.05) is 11.4 Å². The van der Waals surface area contributed by atoms with E-state index in [0.29, 0.717) is 32.1 Å². The van der Waals surface area contributed by atoms with Crippen LogP contribution < -0.4 is 11.2 Å². The molecule has 4 rings (SSSR count). The number of rotatable bonds is 4. The molecule has 2 N–H and O–H groups in total. The minimum atomic E-state index is -1.04. The molecule has 6 nitrogen and oxygen atoms in total. The molecule has 2 heterocycles. The zero-order valence-corrected chi connectivity index (χ0v) is 18.5. The summed E-state index contributed by atoms with van der Waals surface area (Å²) in [4.78, 5) is 40.7. The van der Waals surface area contributed by atoms with E-state index in [0.717, 1.165) is 10.1 Å². The highest BCUT2D eigenvalue weighted by molar-refractivity contribution is 7.19. The van der Waals surface area contributed by atoms with Crippen LogP contribution in [0.15, 0.2) is 64.2 Å². The Labute approximate surface area is 191 Å². The van der Waals surface area contributed by atoms with Gasteiger partial charge in [-0.2, -0.15) is 0 Å². The second kappa shape index (κ2) is 8.87. The highest BCUT2D eigenvalue weighted by Gasteiger charge is 2.17. The zero-order valence-electron chi connectivity index (χ0n) is 16.9. The monoisotopic (exact) mass is 464 g/mol.